The van der Waals surface area contributed by atoms with Gasteiger partial charge >= 0.3 is 0 Å². The molecule has 0 radical (unpaired) electrons. The summed E-state index contributed by atoms with van der Waals surface area (Å²) in [6.45, 7) is 0.891. The molecule has 100 valence electrons. The lowest BCUT2D eigenvalue weighted by Crippen LogP contribution is -2.10. The Labute approximate surface area is 121 Å². The Morgan fingerprint density at radius 1 is 1.15 bits per heavy atom. The molecule has 1 aliphatic rings. The summed E-state index contributed by atoms with van der Waals surface area (Å²) in [6, 6.07) is 16.8. The lowest BCUT2D eigenvalue weighted by Gasteiger charge is -2.11. The zero-order valence-electron chi connectivity index (χ0n) is 11.0. The van der Waals surface area contributed by atoms with E-state index in [0.717, 1.165) is 23.2 Å². The van der Waals surface area contributed by atoms with Crippen molar-refractivity contribution >= 4 is 28.5 Å². The van der Waals surface area contributed by atoms with Gasteiger partial charge in [-0.05, 0) is 23.8 Å². The third-order valence-corrected chi connectivity index (χ3v) is 5.13. The highest BCUT2D eigenvalue weighted by molar-refractivity contribution is 7.99. The number of nitrogen functional groups attached to an aromatic ring is 1. The third kappa shape index (κ3) is 1.79. The molecule has 0 amide bonds. The zero-order chi connectivity index (χ0) is 13.5. The number of hydrogen-bond acceptors (Lipinski definition) is 3. The fraction of sp³-hybridized carbons (Fsp3) is 0.188. The first-order valence-electron chi connectivity index (χ1n) is 6.75. The van der Waals surface area contributed by atoms with Crippen LogP contribution in [0.3, 0.4) is 0 Å². The number of fused-ring (bicyclic) bond motifs is 2. The summed E-state index contributed by atoms with van der Waals surface area (Å²) in [7, 11) is 0. The van der Waals surface area contributed by atoms with Crippen molar-refractivity contribution < 1.29 is 0 Å². The van der Waals surface area contributed by atoms with E-state index >= 15 is 0 Å². The predicted octanol–water partition coefficient (Wildman–Crippen LogP) is 3.51. The highest BCUT2D eigenvalue weighted by Gasteiger charge is 2.24. The molecule has 0 fully saturated rings. The second kappa shape index (κ2) is 4.56. The van der Waals surface area contributed by atoms with Crippen LogP contribution in [0.2, 0.25) is 0 Å². The van der Waals surface area contributed by atoms with Crippen molar-refractivity contribution in [1.82, 2.24) is 9.78 Å². The van der Waals surface area contributed by atoms with Crippen LogP contribution in [-0.2, 0) is 6.54 Å². The number of thioether (sulfide) groups is 1. The van der Waals surface area contributed by atoms with Gasteiger partial charge in [0.05, 0.1) is 5.52 Å². The quantitative estimate of drug-likeness (QED) is 0.781. The molecule has 0 saturated carbocycles. The number of nitrogens with two attached hydrogens (primary N) is 1. The van der Waals surface area contributed by atoms with Crippen LogP contribution in [-0.4, -0.2) is 15.5 Å². The number of rotatable bonds is 2. The topological polar surface area (TPSA) is 43.8 Å². The van der Waals surface area contributed by atoms with Gasteiger partial charge < -0.3 is 5.73 Å². The lowest BCUT2D eigenvalue weighted by atomic mass is 10.0. The van der Waals surface area contributed by atoms with Crippen LogP contribution in [0.15, 0.2) is 53.4 Å². The molecule has 1 unspecified atom stereocenters. The van der Waals surface area contributed by atoms with Crippen molar-refractivity contribution in [2.45, 2.75) is 17.4 Å². The van der Waals surface area contributed by atoms with Crippen molar-refractivity contribution in [2.24, 2.45) is 0 Å². The highest BCUT2D eigenvalue weighted by Crippen LogP contribution is 2.40. The van der Waals surface area contributed by atoms with Gasteiger partial charge in [-0.3, -0.25) is 4.68 Å². The molecule has 2 N–H and O–H groups in total. The fourth-order valence-corrected chi connectivity index (χ4v) is 4.12. The average molecular weight is 281 g/mol. The first-order valence-corrected chi connectivity index (χ1v) is 7.74. The summed E-state index contributed by atoms with van der Waals surface area (Å²) in [5.41, 5.74) is 8.57. The molecule has 0 aliphatic carbocycles. The molecule has 2 heterocycles. The smallest absolute Gasteiger partial charge is 0.153 e. The monoisotopic (exact) mass is 281 g/mol. The van der Waals surface area contributed by atoms with E-state index in [0.29, 0.717) is 11.7 Å². The molecule has 2 aromatic carbocycles. The largest absolute Gasteiger partial charge is 0.382 e. The number of nitrogens with zero attached hydrogens (tertiary/aromatic N) is 2. The molecular weight excluding hydrogens is 266 g/mol. The second-order valence-corrected chi connectivity index (χ2v) is 6.19. The normalized spacial score (nSPS) is 17.5. The van der Waals surface area contributed by atoms with Crippen LogP contribution in [0.5, 0.6) is 0 Å². The molecule has 0 saturated heterocycles. The van der Waals surface area contributed by atoms with Crippen molar-refractivity contribution in [1.29, 1.82) is 0 Å². The van der Waals surface area contributed by atoms with Crippen LogP contribution in [0, 0.1) is 0 Å². The van der Waals surface area contributed by atoms with Gasteiger partial charge in [0, 0.05) is 28.5 Å². The van der Waals surface area contributed by atoms with Crippen molar-refractivity contribution in [3.8, 4) is 0 Å². The first kappa shape index (κ1) is 11.9. The number of benzene rings is 2. The Balaban J connectivity index is 1.73. The number of aromatic nitrogens is 2. The van der Waals surface area contributed by atoms with E-state index in [1.165, 1.54) is 10.5 Å². The minimum absolute atomic E-state index is 0.513. The summed E-state index contributed by atoms with van der Waals surface area (Å²) >= 11 is 1.94. The van der Waals surface area contributed by atoms with Crippen molar-refractivity contribution in [3.05, 3.63) is 54.1 Å². The standard InChI is InChI=1S/C16H15N3S/c17-16-13-6-1-3-7-14(13)19(18-16)9-11-10-20-15-8-4-2-5-12(11)15/h1-8,11H,9-10H2,(H2,17,18). The molecule has 20 heavy (non-hydrogen) atoms. The van der Waals surface area contributed by atoms with Gasteiger partial charge in [-0.15, -0.1) is 11.8 Å². The predicted molar refractivity (Wildman–Crippen MR) is 84.1 cm³/mol. The van der Waals surface area contributed by atoms with E-state index in [9.17, 15) is 0 Å². The van der Waals surface area contributed by atoms with E-state index in [-0.39, 0.29) is 0 Å². The van der Waals surface area contributed by atoms with Gasteiger partial charge in [0.25, 0.3) is 0 Å². The maximum absolute atomic E-state index is 6.01. The van der Waals surface area contributed by atoms with E-state index in [4.69, 9.17) is 5.73 Å². The van der Waals surface area contributed by atoms with Gasteiger partial charge in [0.1, 0.15) is 0 Å². The summed E-state index contributed by atoms with van der Waals surface area (Å²) in [5.74, 6) is 2.26. The van der Waals surface area contributed by atoms with Crippen LogP contribution in [0.25, 0.3) is 10.9 Å². The van der Waals surface area contributed by atoms with Gasteiger partial charge in [0.15, 0.2) is 5.82 Å². The van der Waals surface area contributed by atoms with Crippen molar-refractivity contribution in [3.63, 3.8) is 0 Å². The Morgan fingerprint density at radius 3 is 2.90 bits per heavy atom. The summed E-state index contributed by atoms with van der Waals surface area (Å²) in [4.78, 5) is 1.40. The maximum Gasteiger partial charge on any atom is 0.153 e. The molecular formula is C16H15N3S. The number of para-hydroxylation sites is 1. The lowest BCUT2D eigenvalue weighted by molar-refractivity contribution is 0.567. The molecule has 3 nitrogen and oxygen atoms in total. The number of anilines is 1. The fourth-order valence-electron chi connectivity index (χ4n) is 2.88. The molecule has 0 bridgehead atoms. The summed E-state index contributed by atoms with van der Waals surface area (Å²) < 4.78 is 2.05. The minimum atomic E-state index is 0.513. The molecule has 1 aliphatic heterocycles. The Bertz CT molecular complexity index is 778. The van der Waals surface area contributed by atoms with Gasteiger partial charge in [-0.2, -0.15) is 5.10 Å². The molecule has 3 aromatic rings. The SMILES string of the molecule is Nc1nn(CC2CSc3ccccc32)c2ccccc12. The molecule has 0 spiro atoms. The van der Waals surface area contributed by atoms with E-state index in [1.54, 1.807) is 0 Å². The molecule has 1 aromatic heterocycles. The Hall–Kier alpha value is -1.94. The first-order chi connectivity index (χ1) is 9.83. The Morgan fingerprint density at radius 2 is 1.95 bits per heavy atom. The van der Waals surface area contributed by atoms with E-state index in [1.807, 2.05) is 30.0 Å². The van der Waals surface area contributed by atoms with Gasteiger partial charge in [-0.25, -0.2) is 0 Å². The summed E-state index contributed by atoms with van der Waals surface area (Å²) in [5, 5.41) is 5.56. The van der Waals surface area contributed by atoms with Crippen LogP contribution in [0.1, 0.15) is 11.5 Å². The van der Waals surface area contributed by atoms with E-state index in [2.05, 4.69) is 40.1 Å². The van der Waals surface area contributed by atoms with E-state index < -0.39 is 0 Å². The summed E-state index contributed by atoms with van der Waals surface area (Å²) in [6.07, 6.45) is 0. The van der Waals surface area contributed by atoms with Crippen LogP contribution < -0.4 is 5.73 Å². The van der Waals surface area contributed by atoms with Gasteiger partial charge in [-0.1, -0.05) is 30.3 Å². The second-order valence-electron chi connectivity index (χ2n) is 5.13. The minimum Gasteiger partial charge on any atom is -0.382 e. The van der Waals surface area contributed by atoms with Gasteiger partial charge in [0.2, 0.25) is 0 Å². The zero-order valence-corrected chi connectivity index (χ0v) is 11.8. The van der Waals surface area contributed by atoms with Crippen LogP contribution >= 0.6 is 11.8 Å². The molecule has 4 rings (SSSR count). The molecule has 4 heteroatoms. The number of hydrogen-bond donors (Lipinski definition) is 1. The van der Waals surface area contributed by atoms with Crippen LogP contribution in [0.4, 0.5) is 5.82 Å². The maximum atomic E-state index is 6.01. The van der Waals surface area contributed by atoms with Crippen molar-refractivity contribution in [2.75, 3.05) is 11.5 Å². The molecule has 1 atom stereocenters. The third-order valence-electron chi connectivity index (χ3n) is 3.88. The Kier molecular flexibility index (Phi) is 2.70. The average Bonchev–Trinajstić information content (AvgIpc) is 3.03. The highest BCUT2D eigenvalue weighted by atomic mass is 32.2.